The van der Waals surface area contributed by atoms with Crippen LogP contribution in [0, 0.1) is 0 Å². The van der Waals surface area contributed by atoms with Gasteiger partial charge in [0, 0.05) is 44.0 Å². The van der Waals surface area contributed by atoms with Gasteiger partial charge in [-0.05, 0) is 12.5 Å². The second-order valence-corrected chi connectivity index (χ2v) is 7.31. The number of carbonyl (C=O) groups excluding carboxylic acids is 2. The Labute approximate surface area is 156 Å². The number of halogens is 1. The van der Waals surface area contributed by atoms with Crippen molar-refractivity contribution < 1.29 is 9.59 Å². The zero-order valence-corrected chi connectivity index (χ0v) is 15.6. The highest BCUT2D eigenvalue weighted by Crippen LogP contribution is 2.30. The molecule has 1 aliphatic rings. The Morgan fingerprint density at radius 1 is 1.16 bits per heavy atom. The fourth-order valence-corrected chi connectivity index (χ4v) is 4.03. The summed E-state index contributed by atoms with van der Waals surface area (Å²) in [6, 6.07) is 7.57. The van der Waals surface area contributed by atoms with E-state index in [4.69, 9.17) is 11.6 Å². The summed E-state index contributed by atoms with van der Waals surface area (Å²) in [4.78, 5) is 32.3. The van der Waals surface area contributed by atoms with Crippen LogP contribution in [0.15, 0.2) is 29.6 Å². The first kappa shape index (κ1) is 17.9. The van der Waals surface area contributed by atoms with Gasteiger partial charge in [0.05, 0.1) is 17.1 Å². The highest BCUT2D eigenvalue weighted by Gasteiger charge is 2.21. The van der Waals surface area contributed by atoms with Crippen LogP contribution in [0.2, 0.25) is 5.02 Å². The van der Waals surface area contributed by atoms with Gasteiger partial charge >= 0.3 is 0 Å². The van der Waals surface area contributed by atoms with E-state index in [1.807, 2.05) is 34.5 Å². The number of rotatable bonds is 3. The molecule has 1 aromatic heterocycles. The Kier molecular flexibility index (Phi) is 5.71. The Bertz CT molecular complexity index is 777. The predicted molar refractivity (Wildman–Crippen MR) is 99.7 cm³/mol. The first-order valence-corrected chi connectivity index (χ1v) is 9.53. The van der Waals surface area contributed by atoms with E-state index >= 15 is 0 Å². The van der Waals surface area contributed by atoms with Gasteiger partial charge in [-0.3, -0.25) is 9.59 Å². The molecule has 0 radical (unpaired) electrons. The fraction of sp³-hybridized carbons (Fsp3) is 0.389. The summed E-state index contributed by atoms with van der Waals surface area (Å²) >= 11 is 7.71. The molecule has 132 valence electrons. The standard InChI is InChI=1S/C18H20ClN3O2S/c1-13(23)21-7-4-8-22(10-9-21)17(24)11-14-12-25-18(20-14)15-5-2-3-6-16(15)19/h2-3,5-6,12H,4,7-11H2,1H3. The Hall–Kier alpha value is -1.92. The maximum absolute atomic E-state index is 12.6. The van der Waals surface area contributed by atoms with Gasteiger partial charge in [0.25, 0.3) is 0 Å². The van der Waals surface area contributed by atoms with Crippen LogP contribution in [0.5, 0.6) is 0 Å². The van der Waals surface area contributed by atoms with Crippen molar-refractivity contribution in [2.24, 2.45) is 0 Å². The molecule has 1 fully saturated rings. The number of aromatic nitrogens is 1. The lowest BCUT2D eigenvalue weighted by molar-refractivity contribution is -0.132. The van der Waals surface area contributed by atoms with Gasteiger partial charge in [-0.25, -0.2) is 4.98 Å². The van der Waals surface area contributed by atoms with Crippen LogP contribution in [0.1, 0.15) is 19.0 Å². The van der Waals surface area contributed by atoms with E-state index in [9.17, 15) is 9.59 Å². The van der Waals surface area contributed by atoms with Crippen LogP contribution in [0.3, 0.4) is 0 Å². The minimum Gasteiger partial charge on any atom is -0.341 e. The van der Waals surface area contributed by atoms with Crippen LogP contribution in [0.25, 0.3) is 10.6 Å². The molecule has 0 atom stereocenters. The van der Waals surface area contributed by atoms with E-state index in [2.05, 4.69) is 4.98 Å². The van der Waals surface area contributed by atoms with E-state index in [1.54, 1.807) is 11.8 Å². The molecular formula is C18H20ClN3O2S. The topological polar surface area (TPSA) is 53.5 Å². The fourth-order valence-electron chi connectivity index (χ4n) is 2.90. The van der Waals surface area contributed by atoms with Gasteiger partial charge in [-0.1, -0.05) is 29.8 Å². The van der Waals surface area contributed by atoms with Crippen molar-refractivity contribution in [1.82, 2.24) is 14.8 Å². The Balaban J connectivity index is 1.64. The molecule has 2 aromatic rings. The lowest BCUT2D eigenvalue weighted by Gasteiger charge is -2.21. The normalized spacial score (nSPS) is 15.1. The maximum atomic E-state index is 12.6. The second kappa shape index (κ2) is 7.97. The van der Waals surface area contributed by atoms with Crippen LogP contribution >= 0.6 is 22.9 Å². The van der Waals surface area contributed by atoms with Crippen molar-refractivity contribution in [1.29, 1.82) is 0 Å². The smallest absolute Gasteiger partial charge is 0.228 e. The molecule has 0 saturated carbocycles. The number of thiazole rings is 1. The summed E-state index contributed by atoms with van der Waals surface area (Å²) in [6.45, 7) is 4.16. The lowest BCUT2D eigenvalue weighted by atomic mass is 10.2. The average molecular weight is 378 g/mol. The molecule has 0 N–H and O–H groups in total. The minimum absolute atomic E-state index is 0.0569. The minimum atomic E-state index is 0.0569. The molecule has 2 heterocycles. The molecule has 7 heteroatoms. The maximum Gasteiger partial charge on any atom is 0.228 e. The monoisotopic (exact) mass is 377 g/mol. The number of carbonyl (C=O) groups is 2. The molecule has 1 aromatic carbocycles. The van der Waals surface area contributed by atoms with Crippen LogP contribution in [-0.4, -0.2) is 52.8 Å². The molecule has 0 bridgehead atoms. The molecule has 0 spiro atoms. The van der Waals surface area contributed by atoms with Crippen molar-refractivity contribution >= 4 is 34.8 Å². The summed E-state index contributed by atoms with van der Waals surface area (Å²) < 4.78 is 0. The van der Waals surface area contributed by atoms with E-state index in [-0.39, 0.29) is 18.2 Å². The van der Waals surface area contributed by atoms with Crippen molar-refractivity contribution in [3.05, 3.63) is 40.4 Å². The molecule has 0 aliphatic carbocycles. The summed E-state index contributed by atoms with van der Waals surface area (Å²) in [6.07, 6.45) is 1.09. The van der Waals surface area contributed by atoms with Crippen LogP contribution in [0.4, 0.5) is 0 Å². The number of amides is 2. The van der Waals surface area contributed by atoms with Crippen molar-refractivity contribution in [3.63, 3.8) is 0 Å². The summed E-state index contributed by atoms with van der Waals surface area (Å²) in [5, 5.41) is 3.40. The number of hydrogen-bond acceptors (Lipinski definition) is 4. The third-order valence-electron chi connectivity index (χ3n) is 4.28. The second-order valence-electron chi connectivity index (χ2n) is 6.04. The van der Waals surface area contributed by atoms with Gasteiger partial charge in [0.15, 0.2) is 0 Å². The third-order valence-corrected chi connectivity index (χ3v) is 5.54. The molecule has 5 nitrogen and oxygen atoms in total. The van der Waals surface area contributed by atoms with Crippen LogP contribution < -0.4 is 0 Å². The van der Waals surface area contributed by atoms with Crippen LogP contribution in [-0.2, 0) is 16.0 Å². The number of nitrogens with zero attached hydrogens (tertiary/aromatic N) is 3. The zero-order chi connectivity index (χ0) is 17.8. The van der Waals surface area contributed by atoms with Gasteiger partial charge < -0.3 is 9.80 Å². The predicted octanol–water partition coefficient (Wildman–Crippen LogP) is 3.09. The zero-order valence-electron chi connectivity index (χ0n) is 14.1. The van der Waals surface area contributed by atoms with Gasteiger partial charge in [-0.15, -0.1) is 11.3 Å². The van der Waals surface area contributed by atoms with E-state index < -0.39 is 0 Å². The lowest BCUT2D eigenvalue weighted by Crippen LogP contribution is -2.37. The quantitative estimate of drug-likeness (QED) is 0.825. The molecule has 25 heavy (non-hydrogen) atoms. The summed E-state index contributed by atoms with van der Waals surface area (Å²) in [5.74, 6) is 0.125. The first-order valence-electron chi connectivity index (χ1n) is 8.27. The van der Waals surface area contributed by atoms with Gasteiger partial charge in [0.1, 0.15) is 5.01 Å². The van der Waals surface area contributed by atoms with Crippen molar-refractivity contribution in [2.45, 2.75) is 19.8 Å². The van der Waals surface area contributed by atoms with Gasteiger partial charge in [0.2, 0.25) is 11.8 Å². The van der Waals surface area contributed by atoms with Gasteiger partial charge in [-0.2, -0.15) is 0 Å². The number of benzene rings is 1. The summed E-state index contributed by atoms with van der Waals surface area (Å²) in [7, 11) is 0. The van der Waals surface area contributed by atoms with E-state index in [0.29, 0.717) is 31.2 Å². The molecule has 2 amide bonds. The summed E-state index contributed by atoms with van der Waals surface area (Å²) in [5.41, 5.74) is 1.65. The van der Waals surface area contributed by atoms with E-state index in [1.165, 1.54) is 11.3 Å². The molecule has 0 unspecified atom stereocenters. The molecule has 3 rings (SSSR count). The van der Waals surface area contributed by atoms with Crippen molar-refractivity contribution in [2.75, 3.05) is 26.2 Å². The molecule has 1 aliphatic heterocycles. The first-order chi connectivity index (χ1) is 12.0. The highest BCUT2D eigenvalue weighted by molar-refractivity contribution is 7.13. The SMILES string of the molecule is CC(=O)N1CCCN(C(=O)Cc2csc(-c3ccccc3Cl)n2)CC1. The van der Waals surface area contributed by atoms with E-state index in [0.717, 1.165) is 22.7 Å². The third kappa shape index (κ3) is 4.38. The largest absolute Gasteiger partial charge is 0.341 e. The Morgan fingerprint density at radius 3 is 2.64 bits per heavy atom. The molecular weight excluding hydrogens is 358 g/mol. The van der Waals surface area contributed by atoms with Crippen molar-refractivity contribution in [3.8, 4) is 10.6 Å². The Morgan fingerprint density at radius 2 is 1.88 bits per heavy atom. The molecule has 1 saturated heterocycles. The number of hydrogen-bond donors (Lipinski definition) is 0. The highest BCUT2D eigenvalue weighted by atomic mass is 35.5. The average Bonchev–Trinajstić information content (AvgIpc) is 2.89.